The van der Waals surface area contributed by atoms with Gasteiger partial charge in [0.15, 0.2) is 0 Å². The molecular weight excluding hydrogens is 495 g/mol. The molecule has 1 atom stereocenters. The summed E-state index contributed by atoms with van der Waals surface area (Å²) in [5.41, 5.74) is 5.88. The van der Waals surface area contributed by atoms with Crippen LogP contribution in [0.15, 0.2) is 66.0 Å². The quantitative estimate of drug-likeness (QED) is 0.289. The lowest BCUT2D eigenvalue weighted by Gasteiger charge is -2.15. The lowest BCUT2D eigenvalue weighted by molar-refractivity contribution is -0.137. The molecule has 5 rings (SSSR count). The molecule has 0 saturated heterocycles. The smallest absolute Gasteiger partial charge is 0.322 e. The lowest BCUT2D eigenvalue weighted by atomic mass is 9.93. The summed E-state index contributed by atoms with van der Waals surface area (Å²) in [6.45, 7) is 4.57. The number of hydrogen-bond acceptors (Lipinski definition) is 4. The molecule has 1 aromatic heterocycles. The maximum absolute atomic E-state index is 13.3. The third kappa shape index (κ3) is 5.60. The summed E-state index contributed by atoms with van der Waals surface area (Å²) >= 11 is 1.65. The number of carbonyl (C=O) groups is 1. The molecule has 190 valence electrons. The average Bonchev–Trinajstić information content (AvgIpc) is 3.47. The van der Waals surface area contributed by atoms with Crippen molar-refractivity contribution in [3.8, 4) is 11.1 Å². The topological polar surface area (TPSA) is 54.0 Å². The van der Waals surface area contributed by atoms with E-state index >= 15 is 0 Å². The highest BCUT2D eigenvalue weighted by Gasteiger charge is 2.30. The maximum Gasteiger partial charge on any atom is 0.416 e. The monoisotopic (exact) mass is 521 g/mol. The molecule has 0 aliphatic heterocycles. The van der Waals surface area contributed by atoms with E-state index in [1.165, 1.54) is 23.3 Å². The van der Waals surface area contributed by atoms with E-state index in [0.717, 1.165) is 47.8 Å². The molecule has 0 fully saturated rings. The molecule has 37 heavy (non-hydrogen) atoms. The normalized spacial score (nSPS) is 15.0. The Morgan fingerprint density at radius 2 is 1.78 bits per heavy atom. The molecule has 4 aromatic rings. The van der Waals surface area contributed by atoms with Gasteiger partial charge in [-0.2, -0.15) is 13.2 Å². The van der Waals surface area contributed by atoms with E-state index in [1.807, 2.05) is 38.1 Å². The number of halogens is 3. The first-order valence-corrected chi connectivity index (χ1v) is 12.9. The van der Waals surface area contributed by atoms with Crippen LogP contribution in [0.3, 0.4) is 0 Å². The van der Waals surface area contributed by atoms with Crippen LogP contribution in [-0.4, -0.2) is 16.9 Å². The molecule has 0 spiro atoms. The van der Waals surface area contributed by atoms with Crippen LogP contribution in [0.4, 0.5) is 18.9 Å². The fourth-order valence-corrected chi connectivity index (χ4v) is 5.46. The first-order chi connectivity index (χ1) is 17.7. The van der Waals surface area contributed by atoms with Gasteiger partial charge in [-0.25, -0.2) is 4.98 Å². The van der Waals surface area contributed by atoms with Gasteiger partial charge in [0, 0.05) is 29.2 Å². The van der Waals surface area contributed by atoms with E-state index in [9.17, 15) is 18.0 Å². The van der Waals surface area contributed by atoms with Crippen LogP contribution in [0.25, 0.3) is 11.1 Å². The minimum Gasteiger partial charge on any atom is -0.322 e. The Hall–Kier alpha value is -3.49. The van der Waals surface area contributed by atoms with Crippen LogP contribution in [0.5, 0.6) is 0 Å². The van der Waals surface area contributed by atoms with Gasteiger partial charge in [-0.05, 0) is 84.8 Å². The minimum absolute atomic E-state index is 0.301. The fraction of sp³-hybridized carbons (Fsp3) is 0.241. The summed E-state index contributed by atoms with van der Waals surface area (Å²) in [5, 5.41) is 9.69. The fourth-order valence-electron chi connectivity index (χ4n) is 4.84. The van der Waals surface area contributed by atoms with Crippen molar-refractivity contribution in [2.24, 2.45) is 0 Å². The van der Waals surface area contributed by atoms with Crippen molar-refractivity contribution < 1.29 is 18.0 Å². The molecule has 1 amide bonds. The van der Waals surface area contributed by atoms with Gasteiger partial charge in [0.05, 0.1) is 16.3 Å². The van der Waals surface area contributed by atoms with Crippen molar-refractivity contribution in [1.82, 2.24) is 10.3 Å². The standard InChI is InChI=1S/C29H26F3N3OS/c1-17-4-3-5-26(27(17)19-6-9-22(10-7-19)29(30,31)32)28(36)35-23-11-8-20-12-24(14-21(20)13-23)33-15-25-16-37-18(2)34-25/h3-11,13,16,24,33H,12,14-15H2,1-2H3,(H,35,36)/t24-/m0/s1. The number of benzene rings is 3. The Bertz CT molecular complexity index is 1440. The van der Waals surface area contributed by atoms with Crippen LogP contribution in [0, 0.1) is 13.8 Å². The zero-order valence-electron chi connectivity index (χ0n) is 20.4. The van der Waals surface area contributed by atoms with E-state index in [0.29, 0.717) is 28.4 Å². The number of amides is 1. The van der Waals surface area contributed by atoms with Crippen molar-refractivity contribution in [3.05, 3.63) is 105 Å². The summed E-state index contributed by atoms with van der Waals surface area (Å²) in [4.78, 5) is 17.8. The Morgan fingerprint density at radius 3 is 2.49 bits per heavy atom. The zero-order chi connectivity index (χ0) is 26.2. The van der Waals surface area contributed by atoms with Crippen LogP contribution in [-0.2, 0) is 25.6 Å². The molecule has 0 unspecified atom stereocenters. The number of aryl methyl sites for hydroxylation is 2. The third-order valence-electron chi connectivity index (χ3n) is 6.65. The SMILES string of the molecule is Cc1nc(CN[C@H]2Cc3ccc(NC(=O)c4cccc(C)c4-c4ccc(C(F)(F)F)cc4)cc3C2)cs1. The number of nitrogens with zero attached hydrogens (tertiary/aromatic N) is 1. The van der Waals surface area contributed by atoms with Crippen LogP contribution in [0.1, 0.15) is 43.3 Å². The Balaban J connectivity index is 1.30. The number of rotatable bonds is 6. The number of carbonyl (C=O) groups excluding carboxylic acids is 1. The summed E-state index contributed by atoms with van der Waals surface area (Å²) in [7, 11) is 0. The molecule has 4 nitrogen and oxygen atoms in total. The second kappa shape index (κ2) is 10.1. The van der Waals surface area contributed by atoms with Crippen molar-refractivity contribution in [1.29, 1.82) is 0 Å². The summed E-state index contributed by atoms with van der Waals surface area (Å²) < 4.78 is 39.1. The van der Waals surface area contributed by atoms with Gasteiger partial charge < -0.3 is 10.6 Å². The molecule has 8 heteroatoms. The highest BCUT2D eigenvalue weighted by Crippen LogP contribution is 2.34. The minimum atomic E-state index is -4.41. The third-order valence-corrected chi connectivity index (χ3v) is 7.48. The summed E-state index contributed by atoms with van der Waals surface area (Å²) in [6, 6.07) is 16.5. The van der Waals surface area contributed by atoms with Crippen molar-refractivity contribution in [3.63, 3.8) is 0 Å². The van der Waals surface area contributed by atoms with E-state index in [4.69, 9.17) is 0 Å². The van der Waals surface area contributed by atoms with Gasteiger partial charge >= 0.3 is 6.18 Å². The van der Waals surface area contributed by atoms with Crippen LogP contribution in [0.2, 0.25) is 0 Å². The Kier molecular flexibility index (Phi) is 6.88. The molecular formula is C29H26F3N3OS. The van der Waals surface area contributed by atoms with Crippen molar-refractivity contribution in [2.75, 3.05) is 5.32 Å². The van der Waals surface area contributed by atoms with Gasteiger partial charge in [0.2, 0.25) is 0 Å². The first kappa shape index (κ1) is 25.2. The van der Waals surface area contributed by atoms with E-state index in [-0.39, 0.29) is 5.91 Å². The highest BCUT2D eigenvalue weighted by atomic mass is 32.1. The largest absolute Gasteiger partial charge is 0.416 e. The predicted octanol–water partition coefficient (Wildman–Crippen LogP) is 6.96. The molecule has 3 aromatic carbocycles. The lowest BCUT2D eigenvalue weighted by Crippen LogP contribution is -2.29. The Morgan fingerprint density at radius 1 is 1.03 bits per heavy atom. The molecule has 1 heterocycles. The number of aromatic nitrogens is 1. The molecule has 2 N–H and O–H groups in total. The summed E-state index contributed by atoms with van der Waals surface area (Å²) in [5.74, 6) is -0.301. The number of fused-ring (bicyclic) bond motifs is 1. The predicted molar refractivity (Wildman–Crippen MR) is 141 cm³/mol. The maximum atomic E-state index is 13.3. The van der Waals surface area contributed by atoms with Crippen molar-refractivity contribution in [2.45, 2.75) is 45.5 Å². The van der Waals surface area contributed by atoms with Gasteiger partial charge in [-0.15, -0.1) is 11.3 Å². The number of nitrogens with one attached hydrogen (secondary N) is 2. The van der Waals surface area contributed by atoms with Gasteiger partial charge in [0.25, 0.3) is 5.91 Å². The van der Waals surface area contributed by atoms with Gasteiger partial charge in [-0.3, -0.25) is 4.79 Å². The number of alkyl halides is 3. The number of thiazole rings is 1. The number of anilines is 1. The zero-order valence-corrected chi connectivity index (χ0v) is 21.3. The molecule has 1 aliphatic rings. The number of hydrogen-bond donors (Lipinski definition) is 2. The first-order valence-electron chi connectivity index (χ1n) is 12.0. The van der Waals surface area contributed by atoms with E-state index in [2.05, 4.69) is 21.0 Å². The van der Waals surface area contributed by atoms with Gasteiger partial charge in [0.1, 0.15) is 0 Å². The van der Waals surface area contributed by atoms with E-state index < -0.39 is 11.7 Å². The second-order valence-electron chi connectivity index (χ2n) is 9.35. The Labute approximate surface area is 217 Å². The highest BCUT2D eigenvalue weighted by molar-refractivity contribution is 7.09. The molecule has 1 aliphatic carbocycles. The average molecular weight is 522 g/mol. The molecule has 0 radical (unpaired) electrons. The summed E-state index contributed by atoms with van der Waals surface area (Å²) in [6.07, 6.45) is -2.63. The van der Waals surface area contributed by atoms with Crippen LogP contribution < -0.4 is 10.6 Å². The van der Waals surface area contributed by atoms with Crippen molar-refractivity contribution >= 4 is 22.9 Å². The van der Waals surface area contributed by atoms with Crippen LogP contribution >= 0.6 is 11.3 Å². The molecule has 0 bridgehead atoms. The molecule has 0 saturated carbocycles. The van der Waals surface area contributed by atoms with Gasteiger partial charge in [-0.1, -0.05) is 30.3 Å². The van der Waals surface area contributed by atoms with E-state index in [1.54, 1.807) is 23.5 Å². The second-order valence-corrected chi connectivity index (χ2v) is 10.4.